The Kier molecular flexibility index (Phi) is 11.5. The second kappa shape index (κ2) is 13.5. The summed E-state index contributed by atoms with van der Waals surface area (Å²) in [6, 6.07) is 9.25. The van der Waals surface area contributed by atoms with Crippen LogP contribution >= 0.6 is 11.8 Å². The summed E-state index contributed by atoms with van der Waals surface area (Å²) in [4.78, 5) is 2.02. The number of allylic oxidation sites excluding steroid dienone is 2. The highest BCUT2D eigenvalue weighted by atomic mass is 32.2. The lowest BCUT2D eigenvalue weighted by molar-refractivity contribution is 0.0839. The molecule has 2 atom stereocenters. The number of hydrogen-bond acceptors (Lipinski definition) is 10. The van der Waals surface area contributed by atoms with Gasteiger partial charge in [-0.1, -0.05) is 18.3 Å². The van der Waals surface area contributed by atoms with Gasteiger partial charge in [-0.2, -0.15) is 10.5 Å². The lowest BCUT2D eigenvalue weighted by atomic mass is 10.1. The first-order chi connectivity index (χ1) is 14.7. The quantitative estimate of drug-likeness (QED) is 0.282. The Balaban J connectivity index is 2.99. The Morgan fingerprint density at radius 1 is 1.19 bits per heavy atom. The van der Waals surface area contributed by atoms with Gasteiger partial charge in [0.2, 0.25) is 0 Å². The van der Waals surface area contributed by atoms with Gasteiger partial charge >= 0.3 is 0 Å². The number of hydrogen-bond donors (Lipinski definition) is 4. The number of aliphatic hydroxyl groups excluding tert-OH is 4. The normalized spacial score (nSPS) is 13.8. The molecule has 0 saturated heterocycles. The molecule has 0 saturated carbocycles. The molecule has 9 nitrogen and oxygen atoms in total. The first-order valence-corrected chi connectivity index (χ1v) is 10.3. The Morgan fingerprint density at radius 3 is 2.29 bits per heavy atom. The number of anilines is 1. The zero-order valence-corrected chi connectivity index (χ0v) is 18.4. The first kappa shape index (κ1) is 26.3. The summed E-state index contributed by atoms with van der Waals surface area (Å²) in [6.45, 7) is 6.60. The number of aliphatic hydroxyl groups is 4. The van der Waals surface area contributed by atoms with Crippen molar-refractivity contribution in [2.75, 3.05) is 31.2 Å². The SMILES string of the molecule is C=C(N=Nc1ccc(N(CC(O)CO)CC(O)CO)cc1C)SC(C#N)=C(C)CC#N. The number of nitriles is 2. The minimum atomic E-state index is -1.00. The van der Waals surface area contributed by atoms with Crippen molar-refractivity contribution in [3.05, 3.63) is 45.8 Å². The van der Waals surface area contributed by atoms with E-state index in [1.807, 2.05) is 19.1 Å². The van der Waals surface area contributed by atoms with Crippen LogP contribution < -0.4 is 4.90 Å². The van der Waals surface area contributed by atoms with Gasteiger partial charge in [0.15, 0.2) is 0 Å². The molecule has 2 unspecified atom stereocenters. The molecule has 1 aromatic carbocycles. The van der Waals surface area contributed by atoms with Gasteiger partial charge in [0, 0.05) is 18.8 Å². The fourth-order valence-corrected chi connectivity index (χ4v) is 3.12. The molecule has 4 N–H and O–H groups in total. The molecule has 0 spiro atoms. The van der Waals surface area contributed by atoms with Gasteiger partial charge in [-0.15, -0.1) is 10.2 Å². The predicted molar refractivity (Wildman–Crippen MR) is 119 cm³/mol. The van der Waals surface area contributed by atoms with E-state index in [9.17, 15) is 15.5 Å². The molecule has 0 heterocycles. The van der Waals surface area contributed by atoms with Crippen LogP contribution in [-0.4, -0.2) is 58.9 Å². The first-order valence-electron chi connectivity index (χ1n) is 9.44. The van der Waals surface area contributed by atoms with E-state index >= 15 is 0 Å². The second-order valence-corrected chi connectivity index (χ2v) is 7.88. The molecular formula is C21H27N5O4S. The molecule has 1 aromatic rings. The van der Waals surface area contributed by atoms with Gasteiger partial charge in [0.25, 0.3) is 0 Å². The van der Waals surface area contributed by atoms with Gasteiger partial charge in [-0.3, -0.25) is 0 Å². The van der Waals surface area contributed by atoms with E-state index < -0.39 is 25.4 Å². The molecule has 0 amide bonds. The predicted octanol–water partition coefficient (Wildman–Crippen LogP) is 2.51. The topological polar surface area (TPSA) is 156 Å². The van der Waals surface area contributed by atoms with Crippen molar-refractivity contribution < 1.29 is 20.4 Å². The molecule has 0 aliphatic heterocycles. The van der Waals surface area contributed by atoms with Crippen molar-refractivity contribution in [1.29, 1.82) is 10.5 Å². The molecule has 10 heteroatoms. The van der Waals surface area contributed by atoms with E-state index in [1.54, 1.807) is 30.0 Å². The van der Waals surface area contributed by atoms with Crippen molar-refractivity contribution >= 4 is 23.1 Å². The zero-order chi connectivity index (χ0) is 23.4. The van der Waals surface area contributed by atoms with E-state index in [0.29, 0.717) is 26.9 Å². The number of thioether (sulfide) groups is 1. The summed E-state index contributed by atoms with van der Waals surface area (Å²) < 4.78 is 0. The fraction of sp³-hybridized carbons (Fsp3) is 0.429. The van der Waals surface area contributed by atoms with Crippen LogP contribution in [-0.2, 0) is 0 Å². The van der Waals surface area contributed by atoms with Crippen LogP contribution in [0.1, 0.15) is 18.9 Å². The Labute approximate surface area is 186 Å². The van der Waals surface area contributed by atoms with Crippen molar-refractivity contribution in [1.82, 2.24) is 0 Å². The molecule has 0 aliphatic carbocycles. The molecule has 0 aromatic heterocycles. The van der Waals surface area contributed by atoms with E-state index in [1.165, 1.54) is 0 Å². The van der Waals surface area contributed by atoms with Crippen molar-refractivity contribution in [3.63, 3.8) is 0 Å². The summed E-state index contributed by atoms with van der Waals surface area (Å²) in [7, 11) is 0. The fourth-order valence-electron chi connectivity index (χ4n) is 2.51. The third-order valence-corrected chi connectivity index (χ3v) is 5.11. The Morgan fingerprint density at radius 2 is 1.81 bits per heavy atom. The van der Waals surface area contributed by atoms with Crippen molar-refractivity contribution in [2.24, 2.45) is 10.2 Å². The maximum Gasteiger partial charge on any atom is 0.117 e. The summed E-state index contributed by atoms with van der Waals surface area (Å²) in [6.07, 6.45) is -1.86. The van der Waals surface area contributed by atoms with Crippen LogP contribution in [0, 0.1) is 29.6 Å². The van der Waals surface area contributed by atoms with Gasteiger partial charge in [0.1, 0.15) is 11.1 Å². The van der Waals surface area contributed by atoms with E-state index in [0.717, 1.165) is 17.3 Å². The summed E-state index contributed by atoms with van der Waals surface area (Å²) in [5.74, 6) is 0. The monoisotopic (exact) mass is 445 g/mol. The summed E-state index contributed by atoms with van der Waals surface area (Å²) in [5.41, 5.74) is 2.64. The van der Waals surface area contributed by atoms with Crippen LogP contribution in [0.2, 0.25) is 0 Å². The smallest absolute Gasteiger partial charge is 0.117 e. The van der Waals surface area contributed by atoms with E-state index in [-0.39, 0.29) is 19.5 Å². The highest BCUT2D eigenvalue weighted by Gasteiger charge is 2.16. The highest BCUT2D eigenvalue weighted by molar-refractivity contribution is 8.06. The average molecular weight is 446 g/mol. The van der Waals surface area contributed by atoms with E-state index in [4.69, 9.17) is 15.5 Å². The van der Waals surface area contributed by atoms with Crippen LogP contribution in [0.3, 0.4) is 0 Å². The Hall–Kier alpha value is -2.73. The highest BCUT2D eigenvalue weighted by Crippen LogP contribution is 2.31. The molecule has 0 aliphatic rings. The van der Waals surface area contributed by atoms with Gasteiger partial charge in [-0.05, 0) is 43.2 Å². The van der Waals surface area contributed by atoms with Gasteiger partial charge in [0.05, 0.1) is 48.5 Å². The molecule has 0 radical (unpaired) electrons. The largest absolute Gasteiger partial charge is 0.394 e. The summed E-state index contributed by atoms with van der Waals surface area (Å²) in [5, 5.41) is 64.3. The van der Waals surface area contributed by atoms with Crippen molar-refractivity contribution in [3.8, 4) is 12.1 Å². The molecular weight excluding hydrogens is 418 g/mol. The van der Waals surface area contributed by atoms with Crippen LogP contribution in [0.15, 0.2) is 50.5 Å². The van der Waals surface area contributed by atoms with Gasteiger partial charge < -0.3 is 25.3 Å². The lowest BCUT2D eigenvalue weighted by Crippen LogP contribution is -2.40. The molecule has 0 fully saturated rings. The van der Waals surface area contributed by atoms with Gasteiger partial charge in [-0.25, -0.2) is 0 Å². The van der Waals surface area contributed by atoms with E-state index in [2.05, 4.69) is 16.8 Å². The summed E-state index contributed by atoms with van der Waals surface area (Å²) >= 11 is 1.05. The Bertz CT molecular complexity index is 892. The molecule has 1 rings (SSSR count). The van der Waals surface area contributed by atoms with Crippen LogP contribution in [0.4, 0.5) is 11.4 Å². The lowest BCUT2D eigenvalue weighted by Gasteiger charge is -2.29. The third-order valence-electron chi connectivity index (χ3n) is 4.15. The molecule has 0 bridgehead atoms. The molecule has 31 heavy (non-hydrogen) atoms. The van der Waals surface area contributed by atoms with Crippen LogP contribution in [0.25, 0.3) is 0 Å². The average Bonchev–Trinajstić information content (AvgIpc) is 2.75. The minimum Gasteiger partial charge on any atom is -0.394 e. The second-order valence-electron chi connectivity index (χ2n) is 6.80. The number of aryl methyl sites for hydroxylation is 1. The minimum absolute atomic E-state index is 0.0760. The molecule has 166 valence electrons. The number of azo groups is 1. The number of rotatable bonds is 12. The standard InChI is InChI=1S/C21H27N5O4S/c1-14(6-7-22)21(9-23)31-16(3)24-25-20-5-4-17(8-15(20)2)26(10-18(29)12-27)11-19(30)13-28/h4-5,8,18-19,27-30H,3,6,10-13H2,1-2H3. The maximum absolute atomic E-state index is 9.78. The maximum atomic E-state index is 9.78. The van der Waals surface area contributed by atoms with Crippen LogP contribution in [0.5, 0.6) is 0 Å². The zero-order valence-electron chi connectivity index (χ0n) is 17.6. The van der Waals surface area contributed by atoms with Crippen molar-refractivity contribution in [2.45, 2.75) is 32.5 Å². The number of benzene rings is 1. The third kappa shape index (κ3) is 8.89. The number of nitrogens with zero attached hydrogens (tertiary/aromatic N) is 5.